The van der Waals surface area contributed by atoms with Crippen LogP contribution in [0.2, 0.25) is 0 Å². The Morgan fingerprint density at radius 2 is 1.88 bits per heavy atom. The van der Waals surface area contributed by atoms with Crippen LogP contribution in [0.3, 0.4) is 0 Å². The third-order valence-electron chi connectivity index (χ3n) is 1.82. The quantitative estimate of drug-likeness (QED) is 0.746. The average molecular weight is 286 g/mol. The van der Waals surface area contributed by atoms with Gasteiger partial charge in [-0.3, -0.25) is 0 Å². The van der Waals surface area contributed by atoms with Gasteiger partial charge in [0.05, 0.1) is 20.8 Å². The van der Waals surface area contributed by atoms with Crippen molar-refractivity contribution in [1.82, 2.24) is 4.98 Å². The first-order chi connectivity index (χ1) is 7.22. The van der Waals surface area contributed by atoms with Gasteiger partial charge >= 0.3 is 0 Å². The molecule has 6 nitrogen and oxygen atoms in total. The van der Waals surface area contributed by atoms with Gasteiger partial charge in [-0.2, -0.15) is 0 Å². The molecular weight excluding hydrogens is 269 g/mol. The fraction of sp³-hybridized carbons (Fsp3) is 0.444. The summed E-state index contributed by atoms with van der Waals surface area (Å²) in [6, 6.07) is 1.64. The summed E-state index contributed by atoms with van der Waals surface area (Å²) in [6.45, 7) is 0.395. The summed E-state index contributed by atoms with van der Waals surface area (Å²) in [5.74, 6) is 1.75. The number of nitrogens with one attached hydrogen (secondary N) is 1. The van der Waals surface area contributed by atoms with Gasteiger partial charge < -0.3 is 25.6 Å². The van der Waals surface area contributed by atoms with Crippen LogP contribution in [0, 0.1) is 0 Å². The van der Waals surface area contributed by atoms with Gasteiger partial charge in [-0.25, -0.2) is 4.98 Å². The number of aliphatic hydroxyl groups excluding tert-OH is 1. The van der Waals surface area contributed by atoms with Crippen molar-refractivity contribution in [2.75, 3.05) is 38.4 Å². The van der Waals surface area contributed by atoms with E-state index in [2.05, 4.69) is 10.3 Å². The highest BCUT2D eigenvalue weighted by molar-refractivity contribution is 5.85. The van der Waals surface area contributed by atoms with E-state index in [1.807, 2.05) is 0 Å². The Bertz CT molecular complexity index is 340. The number of methoxy groups -OCH3 is 2. The minimum Gasteiger partial charge on any atom is -0.493 e. The van der Waals surface area contributed by atoms with Gasteiger partial charge in [-0.1, -0.05) is 0 Å². The van der Waals surface area contributed by atoms with Crippen molar-refractivity contribution >= 4 is 36.4 Å². The van der Waals surface area contributed by atoms with Crippen LogP contribution in [0.15, 0.2) is 6.07 Å². The highest BCUT2D eigenvalue weighted by Gasteiger charge is 2.09. The summed E-state index contributed by atoms with van der Waals surface area (Å²) in [7, 11) is 3.03. The van der Waals surface area contributed by atoms with Crippen molar-refractivity contribution in [3.8, 4) is 11.5 Å². The molecule has 0 saturated heterocycles. The Morgan fingerprint density at radius 1 is 1.29 bits per heavy atom. The molecule has 1 rings (SSSR count). The van der Waals surface area contributed by atoms with E-state index in [1.54, 1.807) is 6.07 Å². The molecule has 17 heavy (non-hydrogen) atoms. The third-order valence-corrected chi connectivity index (χ3v) is 1.82. The molecule has 1 heterocycles. The van der Waals surface area contributed by atoms with Crippen molar-refractivity contribution in [3.05, 3.63) is 6.07 Å². The topological polar surface area (TPSA) is 89.6 Å². The molecule has 0 aliphatic carbocycles. The summed E-state index contributed by atoms with van der Waals surface area (Å²) in [4.78, 5) is 4.06. The molecule has 0 fully saturated rings. The zero-order valence-corrected chi connectivity index (χ0v) is 11.2. The summed E-state index contributed by atoms with van der Waals surface area (Å²) in [6.07, 6.45) is 0. The number of ether oxygens (including phenoxy) is 2. The van der Waals surface area contributed by atoms with E-state index >= 15 is 0 Å². The molecule has 100 valence electrons. The van der Waals surface area contributed by atoms with Gasteiger partial charge in [-0.05, 0) is 0 Å². The second-order valence-electron chi connectivity index (χ2n) is 2.78. The van der Waals surface area contributed by atoms with Crippen LogP contribution >= 0.6 is 24.8 Å². The van der Waals surface area contributed by atoms with Crippen LogP contribution in [0.4, 0.5) is 11.6 Å². The minimum absolute atomic E-state index is 0. The number of pyridine rings is 1. The van der Waals surface area contributed by atoms with Crippen LogP contribution in [0.25, 0.3) is 0 Å². The standard InChI is InChI=1S/C9H15N3O3.2ClH/c1-14-6-5-7(15-2)9(11-3-4-13)12-8(6)10;;/h5,13H,3-4H2,1-2H3,(H3,10,11,12);2*1H. The summed E-state index contributed by atoms with van der Waals surface area (Å²) in [5, 5.41) is 11.6. The number of hydrogen-bond donors (Lipinski definition) is 3. The van der Waals surface area contributed by atoms with Crippen LogP contribution in [-0.2, 0) is 0 Å². The third kappa shape index (κ3) is 4.72. The molecule has 0 aliphatic rings. The summed E-state index contributed by atoms with van der Waals surface area (Å²) < 4.78 is 10.1. The molecule has 0 radical (unpaired) electrons. The SMILES string of the molecule is COc1cc(OC)c(NCCO)nc1N.Cl.Cl. The highest BCUT2D eigenvalue weighted by atomic mass is 35.5. The number of anilines is 2. The molecule has 0 amide bonds. The molecule has 0 unspecified atom stereocenters. The summed E-state index contributed by atoms with van der Waals surface area (Å²) in [5.41, 5.74) is 5.63. The van der Waals surface area contributed by atoms with E-state index in [0.29, 0.717) is 23.9 Å². The predicted molar refractivity (Wildman–Crippen MR) is 71.8 cm³/mol. The molecule has 0 bridgehead atoms. The predicted octanol–water partition coefficient (Wildman–Crippen LogP) is 0.929. The smallest absolute Gasteiger partial charge is 0.171 e. The largest absolute Gasteiger partial charge is 0.493 e. The Labute approximate surface area is 112 Å². The van der Waals surface area contributed by atoms with E-state index in [-0.39, 0.29) is 37.2 Å². The van der Waals surface area contributed by atoms with Crippen molar-refractivity contribution in [2.24, 2.45) is 0 Å². The number of rotatable bonds is 5. The Kier molecular flexibility index (Phi) is 9.64. The van der Waals surface area contributed by atoms with Gasteiger partial charge in [0.1, 0.15) is 0 Å². The molecule has 0 aliphatic heterocycles. The lowest BCUT2D eigenvalue weighted by molar-refractivity contribution is 0.310. The maximum atomic E-state index is 8.67. The fourth-order valence-corrected chi connectivity index (χ4v) is 1.11. The lowest BCUT2D eigenvalue weighted by Crippen LogP contribution is -2.09. The minimum atomic E-state index is 0. The number of nitrogen functional groups attached to an aromatic ring is 1. The van der Waals surface area contributed by atoms with E-state index in [0.717, 1.165) is 0 Å². The van der Waals surface area contributed by atoms with Gasteiger partial charge in [0.25, 0.3) is 0 Å². The maximum absolute atomic E-state index is 8.67. The monoisotopic (exact) mass is 285 g/mol. The Balaban J connectivity index is 0. The molecular formula is C9H17Cl2N3O3. The maximum Gasteiger partial charge on any atom is 0.171 e. The second-order valence-corrected chi connectivity index (χ2v) is 2.78. The number of hydrogen-bond acceptors (Lipinski definition) is 6. The van der Waals surface area contributed by atoms with Crippen LogP contribution in [-0.4, -0.2) is 37.5 Å². The first-order valence-electron chi connectivity index (χ1n) is 4.46. The van der Waals surface area contributed by atoms with Gasteiger partial charge in [-0.15, -0.1) is 24.8 Å². The molecule has 0 saturated carbocycles. The number of halogens is 2. The van der Waals surface area contributed by atoms with Crippen molar-refractivity contribution in [1.29, 1.82) is 0 Å². The molecule has 0 atom stereocenters. The van der Waals surface area contributed by atoms with Gasteiger partial charge in [0.2, 0.25) is 0 Å². The molecule has 8 heteroatoms. The average Bonchev–Trinajstić information content (AvgIpc) is 2.26. The zero-order valence-electron chi connectivity index (χ0n) is 9.60. The normalized spacial score (nSPS) is 8.65. The summed E-state index contributed by atoms with van der Waals surface area (Å²) >= 11 is 0. The molecule has 0 aromatic carbocycles. The Hall–Kier alpha value is -1.11. The first kappa shape index (κ1) is 18.3. The number of aliphatic hydroxyl groups is 1. The molecule has 1 aromatic rings. The number of nitrogens with two attached hydrogens (primary N) is 1. The number of nitrogens with zero attached hydrogens (tertiary/aromatic N) is 1. The second kappa shape index (κ2) is 8.98. The van der Waals surface area contributed by atoms with Crippen molar-refractivity contribution in [2.45, 2.75) is 0 Å². The van der Waals surface area contributed by atoms with Gasteiger partial charge in [0.15, 0.2) is 23.1 Å². The zero-order chi connectivity index (χ0) is 11.3. The lowest BCUT2D eigenvalue weighted by Gasteiger charge is -2.12. The van der Waals surface area contributed by atoms with Crippen LogP contribution < -0.4 is 20.5 Å². The first-order valence-corrected chi connectivity index (χ1v) is 4.46. The lowest BCUT2D eigenvalue weighted by atomic mass is 10.3. The fourth-order valence-electron chi connectivity index (χ4n) is 1.11. The molecule has 0 spiro atoms. The van der Waals surface area contributed by atoms with Gasteiger partial charge in [0, 0.05) is 12.6 Å². The number of aromatic nitrogens is 1. The highest BCUT2D eigenvalue weighted by Crippen LogP contribution is 2.30. The van der Waals surface area contributed by atoms with Crippen molar-refractivity contribution in [3.63, 3.8) is 0 Å². The van der Waals surface area contributed by atoms with Crippen molar-refractivity contribution < 1.29 is 14.6 Å². The van der Waals surface area contributed by atoms with E-state index in [1.165, 1.54) is 14.2 Å². The Morgan fingerprint density at radius 3 is 2.35 bits per heavy atom. The molecule has 4 N–H and O–H groups in total. The van der Waals surface area contributed by atoms with E-state index in [4.69, 9.17) is 20.3 Å². The van der Waals surface area contributed by atoms with Crippen LogP contribution in [0.1, 0.15) is 0 Å². The van der Waals surface area contributed by atoms with Crippen LogP contribution in [0.5, 0.6) is 11.5 Å². The molecule has 1 aromatic heterocycles. The van der Waals surface area contributed by atoms with E-state index < -0.39 is 0 Å². The van der Waals surface area contributed by atoms with E-state index in [9.17, 15) is 0 Å².